The molecule has 0 saturated heterocycles. The molecule has 1 aliphatic heterocycles. The van der Waals surface area contributed by atoms with Crippen molar-refractivity contribution in [3.63, 3.8) is 0 Å². The molecule has 0 saturated carbocycles. The van der Waals surface area contributed by atoms with E-state index in [1.165, 1.54) is 23.8 Å². The summed E-state index contributed by atoms with van der Waals surface area (Å²) >= 11 is 0. The standard InChI is InChI=1S/C11H13N3O4/c1-7(15)12-9-4-5-14(11(17)13-9)10-3-2-8(16)6-18-10/h2-5,8,10,16H,6H2,1H3,(H,12,13,15,17)/t8-,10+/m0/s1. The first-order valence-corrected chi connectivity index (χ1v) is 5.41. The molecule has 2 atom stereocenters. The molecule has 1 aromatic heterocycles. The van der Waals surface area contributed by atoms with Crippen molar-refractivity contribution in [3.8, 4) is 0 Å². The van der Waals surface area contributed by atoms with Crippen molar-refractivity contribution in [1.29, 1.82) is 0 Å². The number of aliphatic hydroxyl groups is 1. The van der Waals surface area contributed by atoms with E-state index in [9.17, 15) is 14.7 Å². The smallest absolute Gasteiger partial charge is 0.351 e. The van der Waals surface area contributed by atoms with Crippen molar-refractivity contribution in [2.24, 2.45) is 0 Å². The van der Waals surface area contributed by atoms with Crippen molar-refractivity contribution in [2.45, 2.75) is 19.3 Å². The number of aliphatic hydroxyl groups excluding tert-OH is 1. The number of ether oxygens (including phenoxy) is 1. The predicted octanol–water partition coefficient (Wildman–Crippen LogP) is -0.352. The van der Waals surface area contributed by atoms with Crippen LogP contribution in [0.1, 0.15) is 13.2 Å². The lowest BCUT2D eigenvalue weighted by Crippen LogP contribution is -2.31. The number of amides is 1. The molecule has 0 bridgehead atoms. The topological polar surface area (TPSA) is 93.5 Å². The van der Waals surface area contributed by atoms with Crippen LogP contribution in [0.4, 0.5) is 5.82 Å². The number of anilines is 1. The summed E-state index contributed by atoms with van der Waals surface area (Å²) in [5.41, 5.74) is -0.535. The minimum absolute atomic E-state index is 0.126. The van der Waals surface area contributed by atoms with Gasteiger partial charge in [0.05, 0.1) is 12.7 Å². The molecule has 1 aliphatic rings. The van der Waals surface area contributed by atoms with Gasteiger partial charge in [0.1, 0.15) is 5.82 Å². The summed E-state index contributed by atoms with van der Waals surface area (Å²) in [6.07, 6.45) is 3.38. The largest absolute Gasteiger partial charge is 0.387 e. The second kappa shape index (κ2) is 5.11. The van der Waals surface area contributed by atoms with Gasteiger partial charge in [-0.3, -0.25) is 9.36 Å². The van der Waals surface area contributed by atoms with E-state index in [1.807, 2.05) is 0 Å². The third-order valence-corrected chi connectivity index (χ3v) is 2.34. The van der Waals surface area contributed by atoms with Crippen molar-refractivity contribution < 1.29 is 14.6 Å². The number of rotatable bonds is 2. The number of carbonyl (C=O) groups excluding carboxylic acids is 1. The van der Waals surface area contributed by atoms with Gasteiger partial charge in [-0.15, -0.1) is 0 Å². The van der Waals surface area contributed by atoms with Gasteiger partial charge in [-0.1, -0.05) is 6.08 Å². The Kier molecular flexibility index (Phi) is 3.54. The lowest BCUT2D eigenvalue weighted by atomic mass is 10.3. The highest BCUT2D eigenvalue weighted by molar-refractivity contribution is 5.87. The van der Waals surface area contributed by atoms with Gasteiger partial charge in [-0.25, -0.2) is 4.79 Å². The lowest BCUT2D eigenvalue weighted by Gasteiger charge is -2.22. The van der Waals surface area contributed by atoms with Crippen LogP contribution in [0.5, 0.6) is 0 Å². The number of hydrogen-bond acceptors (Lipinski definition) is 5. The average Bonchev–Trinajstić information content (AvgIpc) is 2.30. The SMILES string of the molecule is CC(=O)Nc1ccn([C@H]2C=C[C@H](O)CO2)c(=O)n1. The van der Waals surface area contributed by atoms with Gasteiger partial charge in [0.25, 0.3) is 0 Å². The summed E-state index contributed by atoms with van der Waals surface area (Å²) in [6, 6.07) is 1.50. The molecule has 2 rings (SSSR count). The molecule has 0 spiro atoms. The highest BCUT2D eigenvalue weighted by atomic mass is 16.5. The zero-order valence-corrected chi connectivity index (χ0v) is 9.74. The first-order valence-electron chi connectivity index (χ1n) is 5.41. The fourth-order valence-electron chi connectivity index (χ4n) is 1.56. The molecule has 96 valence electrons. The summed E-state index contributed by atoms with van der Waals surface area (Å²) in [4.78, 5) is 26.3. The van der Waals surface area contributed by atoms with Crippen LogP contribution in [0.2, 0.25) is 0 Å². The minimum Gasteiger partial charge on any atom is -0.387 e. The van der Waals surface area contributed by atoms with Crippen molar-refractivity contribution in [1.82, 2.24) is 9.55 Å². The second-order valence-electron chi connectivity index (χ2n) is 3.86. The van der Waals surface area contributed by atoms with Crippen LogP contribution in [0, 0.1) is 0 Å². The van der Waals surface area contributed by atoms with Crippen LogP contribution in [0.15, 0.2) is 29.2 Å². The van der Waals surface area contributed by atoms with E-state index in [1.54, 1.807) is 12.2 Å². The second-order valence-corrected chi connectivity index (χ2v) is 3.86. The zero-order chi connectivity index (χ0) is 13.1. The number of nitrogens with one attached hydrogen (secondary N) is 1. The summed E-state index contributed by atoms with van der Waals surface area (Å²) in [7, 11) is 0. The van der Waals surface area contributed by atoms with Crippen LogP contribution in [-0.4, -0.2) is 33.3 Å². The highest BCUT2D eigenvalue weighted by Gasteiger charge is 2.16. The van der Waals surface area contributed by atoms with E-state index in [-0.39, 0.29) is 18.3 Å². The molecule has 0 aliphatic carbocycles. The van der Waals surface area contributed by atoms with E-state index in [0.717, 1.165) is 0 Å². The molecular formula is C11H13N3O4. The quantitative estimate of drug-likeness (QED) is 0.700. The van der Waals surface area contributed by atoms with E-state index in [0.29, 0.717) is 0 Å². The van der Waals surface area contributed by atoms with E-state index in [2.05, 4.69) is 10.3 Å². The fourth-order valence-corrected chi connectivity index (χ4v) is 1.56. The molecule has 2 N–H and O–H groups in total. The number of hydrogen-bond donors (Lipinski definition) is 2. The molecule has 0 unspecified atom stereocenters. The molecule has 0 fully saturated rings. The maximum atomic E-state index is 11.7. The average molecular weight is 251 g/mol. The van der Waals surface area contributed by atoms with Crippen LogP contribution < -0.4 is 11.0 Å². The summed E-state index contributed by atoms with van der Waals surface area (Å²) in [5, 5.41) is 11.6. The lowest BCUT2D eigenvalue weighted by molar-refractivity contribution is -0.114. The molecule has 7 nitrogen and oxygen atoms in total. The Labute approximate surface area is 103 Å². The first-order chi connectivity index (χ1) is 8.56. The first kappa shape index (κ1) is 12.5. The molecule has 0 aromatic carbocycles. The van der Waals surface area contributed by atoms with E-state index >= 15 is 0 Å². The van der Waals surface area contributed by atoms with Crippen LogP contribution >= 0.6 is 0 Å². The van der Waals surface area contributed by atoms with Gasteiger partial charge in [-0.2, -0.15) is 4.98 Å². The summed E-state index contributed by atoms with van der Waals surface area (Å²) < 4.78 is 6.55. The summed E-state index contributed by atoms with van der Waals surface area (Å²) in [6.45, 7) is 1.46. The number of carbonyl (C=O) groups is 1. The van der Waals surface area contributed by atoms with E-state index < -0.39 is 18.0 Å². The molecular weight excluding hydrogens is 238 g/mol. The summed E-state index contributed by atoms with van der Waals surface area (Å²) in [5.74, 6) is -0.0971. The number of nitrogens with zero attached hydrogens (tertiary/aromatic N) is 2. The molecule has 1 amide bonds. The Morgan fingerprint density at radius 3 is 2.94 bits per heavy atom. The van der Waals surface area contributed by atoms with Crippen LogP contribution in [0.25, 0.3) is 0 Å². The van der Waals surface area contributed by atoms with Crippen molar-refractivity contribution in [2.75, 3.05) is 11.9 Å². The van der Waals surface area contributed by atoms with Crippen molar-refractivity contribution in [3.05, 3.63) is 34.9 Å². The molecule has 18 heavy (non-hydrogen) atoms. The van der Waals surface area contributed by atoms with Gasteiger partial charge in [-0.05, 0) is 12.1 Å². The van der Waals surface area contributed by atoms with Gasteiger partial charge in [0, 0.05) is 13.1 Å². The third-order valence-electron chi connectivity index (χ3n) is 2.34. The predicted molar refractivity (Wildman–Crippen MR) is 62.9 cm³/mol. The molecule has 0 radical (unpaired) electrons. The Balaban J connectivity index is 2.22. The maximum absolute atomic E-state index is 11.7. The maximum Gasteiger partial charge on any atom is 0.351 e. The van der Waals surface area contributed by atoms with Gasteiger partial charge in [0.15, 0.2) is 6.23 Å². The van der Waals surface area contributed by atoms with Gasteiger partial charge >= 0.3 is 5.69 Å². The Morgan fingerprint density at radius 1 is 1.61 bits per heavy atom. The van der Waals surface area contributed by atoms with Crippen molar-refractivity contribution >= 4 is 11.7 Å². The Morgan fingerprint density at radius 2 is 2.39 bits per heavy atom. The van der Waals surface area contributed by atoms with Crippen LogP contribution in [0.3, 0.4) is 0 Å². The molecule has 7 heteroatoms. The van der Waals surface area contributed by atoms with Gasteiger partial charge < -0.3 is 15.2 Å². The minimum atomic E-state index is -0.649. The highest BCUT2D eigenvalue weighted by Crippen LogP contribution is 2.14. The molecule has 2 heterocycles. The van der Waals surface area contributed by atoms with Crippen LogP contribution in [-0.2, 0) is 9.53 Å². The van der Waals surface area contributed by atoms with Gasteiger partial charge in [0.2, 0.25) is 5.91 Å². The molecule has 1 aromatic rings. The Hall–Kier alpha value is -1.99. The Bertz CT molecular complexity index is 537. The fraction of sp³-hybridized carbons (Fsp3) is 0.364. The third kappa shape index (κ3) is 2.82. The zero-order valence-electron chi connectivity index (χ0n) is 9.74. The monoisotopic (exact) mass is 251 g/mol. The normalized spacial score (nSPS) is 22.8. The number of aromatic nitrogens is 2. The van der Waals surface area contributed by atoms with E-state index in [4.69, 9.17) is 4.74 Å².